The molecule has 2 aromatic rings. The van der Waals surface area contributed by atoms with E-state index in [4.69, 9.17) is 0 Å². The van der Waals surface area contributed by atoms with Crippen LogP contribution in [0.3, 0.4) is 0 Å². The van der Waals surface area contributed by atoms with Crippen LogP contribution in [-0.4, -0.2) is 4.98 Å². The lowest BCUT2D eigenvalue weighted by molar-refractivity contribution is -0.137. The third kappa shape index (κ3) is 3.00. The van der Waals surface area contributed by atoms with Crippen LogP contribution < -0.4 is 0 Å². The SMILES string of the molecule is Cl.Cl.FC(F)(F)c1ccc2cccnc2c1. The van der Waals surface area contributed by atoms with E-state index in [9.17, 15) is 13.2 Å². The number of fused-ring (bicyclic) bond motifs is 1. The van der Waals surface area contributed by atoms with Gasteiger partial charge in [-0.3, -0.25) is 4.98 Å². The Morgan fingerprint density at radius 2 is 1.69 bits per heavy atom. The highest BCUT2D eigenvalue weighted by molar-refractivity contribution is 5.85. The van der Waals surface area contributed by atoms with Gasteiger partial charge in [0.25, 0.3) is 0 Å². The van der Waals surface area contributed by atoms with Gasteiger partial charge in [-0.2, -0.15) is 13.2 Å². The summed E-state index contributed by atoms with van der Waals surface area (Å²) in [6, 6.07) is 6.95. The summed E-state index contributed by atoms with van der Waals surface area (Å²) in [7, 11) is 0. The molecule has 0 saturated heterocycles. The van der Waals surface area contributed by atoms with Crippen LogP contribution >= 0.6 is 24.8 Å². The predicted molar refractivity (Wildman–Crippen MR) is 61.2 cm³/mol. The summed E-state index contributed by atoms with van der Waals surface area (Å²) in [5.74, 6) is 0. The normalized spacial score (nSPS) is 10.4. The first kappa shape index (κ1) is 15.0. The standard InChI is InChI=1S/C10H6F3N.2ClH/c11-10(12,13)8-4-3-7-2-1-5-14-9(7)6-8;;/h1-6H;2*1H. The van der Waals surface area contributed by atoms with E-state index in [0.717, 1.165) is 12.1 Å². The van der Waals surface area contributed by atoms with E-state index in [-0.39, 0.29) is 24.8 Å². The van der Waals surface area contributed by atoms with Gasteiger partial charge < -0.3 is 0 Å². The van der Waals surface area contributed by atoms with Crippen LogP contribution in [0.2, 0.25) is 0 Å². The van der Waals surface area contributed by atoms with Crippen molar-refractivity contribution in [3.63, 3.8) is 0 Å². The number of benzene rings is 1. The molecule has 1 nitrogen and oxygen atoms in total. The molecule has 0 atom stereocenters. The summed E-state index contributed by atoms with van der Waals surface area (Å²) in [5, 5.41) is 0.709. The fraction of sp³-hybridized carbons (Fsp3) is 0.100. The Balaban J connectivity index is 0.00000112. The lowest BCUT2D eigenvalue weighted by atomic mass is 10.1. The highest BCUT2D eigenvalue weighted by Crippen LogP contribution is 2.30. The summed E-state index contributed by atoms with van der Waals surface area (Å²) in [6.07, 6.45) is -2.83. The quantitative estimate of drug-likeness (QED) is 0.702. The first-order valence-electron chi connectivity index (χ1n) is 3.99. The van der Waals surface area contributed by atoms with Crippen molar-refractivity contribution in [2.45, 2.75) is 6.18 Å². The maximum atomic E-state index is 12.3. The Kier molecular flexibility index (Phi) is 5.03. The number of alkyl halides is 3. The second kappa shape index (κ2) is 5.37. The Morgan fingerprint density at radius 1 is 1.00 bits per heavy atom. The number of aromatic nitrogens is 1. The molecule has 0 unspecified atom stereocenters. The highest BCUT2D eigenvalue weighted by atomic mass is 35.5. The number of nitrogens with zero attached hydrogens (tertiary/aromatic N) is 1. The van der Waals surface area contributed by atoms with Crippen LogP contribution in [0.15, 0.2) is 36.5 Å². The molecule has 0 fully saturated rings. The molecule has 0 radical (unpaired) electrons. The van der Waals surface area contributed by atoms with Crippen LogP contribution in [0.25, 0.3) is 10.9 Å². The topological polar surface area (TPSA) is 12.9 Å². The molecule has 88 valence electrons. The molecule has 2 rings (SSSR count). The van der Waals surface area contributed by atoms with E-state index in [1.807, 2.05) is 0 Å². The van der Waals surface area contributed by atoms with Crippen molar-refractivity contribution in [1.82, 2.24) is 4.98 Å². The van der Waals surface area contributed by atoms with Gasteiger partial charge in [0.2, 0.25) is 0 Å². The van der Waals surface area contributed by atoms with Crippen molar-refractivity contribution in [3.8, 4) is 0 Å². The number of hydrogen-bond donors (Lipinski definition) is 0. The first-order valence-corrected chi connectivity index (χ1v) is 3.99. The van der Waals surface area contributed by atoms with E-state index < -0.39 is 11.7 Å². The maximum absolute atomic E-state index is 12.3. The van der Waals surface area contributed by atoms with E-state index >= 15 is 0 Å². The lowest BCUT2D eigenvalue weighted by Crippen LogP contribution is -2.04. The summed E-state index contributed by atoms with van der Waals surface area (Å²) < 4.78 is 36.9. The van der Waals surface area contributed by atoms with Crippen LogP contribution in [0.1, 0.15) is 5.56 Å². The zero-order valence-electron chi connectivity index (χ0n) is 7.86. The van der Waals surface area contributed by atoms with Crippen molar-refractivity contribution in [2.75, 3.05) is 0 Å². The largest absolute Gasteiger partial charge is 0.416 e. The van der Waals surface area contributed by atoms with E-state index in [2.05, 4.69) is 4.98 Å². The van der Waals surface area contributed by atoms with E-state index in [1.54, 1.807) is 12.1 Å². The minimum Gasteiger partial charge on any atom is -0.256 e. The second-order valence-electron chi connectivity index (χ2n) is 2.91. The molecule has 0 aliphatic rings. The molecule has 1 heterocycles. The summed E-state index contributed by atoms with van der Waals surface area (Å²) >= 11 is 0. The molecule has 6 heteroatoms. The van der Waals surface area contributed by atoms with Crippen molar-refractivity contribution < 1.29 is 13.2 Å². The third-order valence-corrected chi connectivity index (χ3v) is 1.93. The molecule has 1 aromatic heterocycles. The molecular weight excluding hydrogens is 262 g/mol. The van der Waals surface area contributed by atoms with Gasteiger partial charge in [-0.1, -0.05) is 12.1 Å². The van der Waals surface area contributed by atoms with Gasteiger partial charge in [-0.15, -0.1) is 24.8 Å². The molecule has 16 heavy (non-hydrogen) atoms. The van der Waals surface area contributed by atoms with Crippen molar-refractivity contribution in [1.29, 1.82) is 0 Å². The highest BCUT2D eigenvalue weighted by Gasteiger charge is 2.30. The average Bonchev–Trinajstić information content (AvgIpc) is 2.16. The Bertz CT molecular complexity index is 471. The van der Waals surface area contributed by atoms with Crippen molar-refractivity contribution >= 4 is 35.7 Å². The number of hydrogen-bond acceptors (Lipinski definition) is 1. The summed E-state index contributed by atoms with van der Waals surface area (Å²) in [5.41, 5.74) is -0.300. The molecule has 0 spiro atoms. The van der Waals surface area contributed by atoms with E-state index in [1.165, 1.54) is 12.3 Å². The second-order valence-corrected chi connectivity index (χ2v) is 2.91. The molecule has 0 aliphatic carbocycles. The van der Waals surface area contributed by atoms with Gasteiger partial charge in [0, 0.05) is 11.6 Å². The van der Waals surface area contributed by atoms with Crippen LogP contribution in [0, 0.1) is 0 Å². The fourth-order valence-corrected chi connectivity index (χ4v) is 1.24. The van der Waals surface area contributed by atoms with Crippen LogP contribution in [0.5, 0.6) is 0 Å². The molecule has 1 aromatic carbocycles. The molecular formula is C10H8Cl2F3N. The van der Waals surface area contributed by atoms with Gasteiger partial charge in [0.1, 0.15) is 0 Å². The Labute approximate surface area is 103 Å². The summed E-state index contributed by atoms with van der Waals surface area (Å²) in [4.78, 5) is 3.86. The first-order chi connectivity index (χ1) is 6.57. The van der Waals surface area contributed by atoms with Crippen molar-refractivity contribution in [2.24, 2.45) is 0 Å². The zero-order valence-corrected chi connectivity index (χ0v) is 9.49. The van der Waals surface area contributed by atoms with Crippen LogP contribution in [0.4, 0.5) is 13.2 Å². The zero-order chi connectivity index (χ0) is 10.2. The number of halogens is 5. The average molecular weight is 270 g/mol. The molecule has 0 N–H and O–H groups in total. The number of pyridine rings is 1. The van der Waals surface area contributed by atoms with Crippen molar-refractivity contribution in [3.05, 3.63) is 42.1 Å². The van der Waals surface area contributed by atoms with Gasteiger partial charge in [-0.25, -0.2) is 0 Å². The van der Waals surface area contributed by atoms with Gasteiger partial charge in [0.05, 0.1) is 11.1 Å². The van der Waals surface area contributed by atoms with Gasteiger partial charge in [-0.05, 0) is 18.2 Å². The molecule has 0 aliphatic heterocycles. The molecule has 0 saturated carbocycles. The minimum absolute atomic E-state index is 0. The monoisotopic (exact) mass is 269 g/mol. The summed E-state index contributed by atoms with van der Waals surface area (Å²) in [6.45, 7) is 0. The third-order valence-electron chi connectivity index (χ3n) is 1.93. The predicted octanol–water partition coefficient (Wildman–Crippen LogP) is 4.10. The Morgan fingerprint density at radius 3 is 2.31 bits per heavy atom. The number of rotatable bonds is 0. The van der Waals surface area contributed by atoms with Gasteiger partial charge in [0.15, 0.2) is 0 Å². The fourth-order valence-electron chi connectivity index (χ4n) is 1.24. The van der Waals surface area contributed by atoms with Crippen LogP contribution in [-0.2, 0) is 6.18 Å². The van der Waals surface area contributed by atoms with E-state index in [0.29, 0.717) is 10.9 Å². The smallest absolute Gasteiger partial charge is 0.256 e. The Hall–Kier alpha value is -1.00. The lowest BCUT2D eigenvalue weighted by Gasteiger charge is -2.06. The molecule has 0 bridgehead atoms. The molecule has 0 amide bonds. The maximum Gasteiger partial charge on any atom is 0.416 e. The minimum atomic E-state index is -4.30. The van der Waals surface area contributed by atoms with Gasteiger partial charge >= 0.3 is 6.18 Å².